The molecule has 0 spiro atoms. The summed E-state index contributed by atoms with van der Waals surface area (Å²) in [5.41, 5.74) is 8.49. The van der Waals surface area contributed by atoms with Crippen LogP contribution in [-0.2, 0) is 11.2 Å². The number of ether oxygens (including phenoxy) is 1. The van der Waals surface area contributed by atoms with Crippen molar-refractivity contribution in [2.45, 2.75) is 45.8 Å². The Balaban J connectivity index is 1.71. The van der Waals surface area contributed by atoms with Gasteiger partial charge in [-0.05, 0) is 30.5 Å². The summed E-state index contributed by atoms with van der Waals surface area (Å²) in [6, 6.07) is 8.56. The van der Waals surface area contributed by atoms with E-state index in [1.54, 1.807) is 0 Å². The Hall–Kier alpha value is -1.55. The average Bonchev–Trinajstić information content (AvgIpc) is 2.92. The van der Waals surface area contributed by atoms with E-state index in [1.165, 1.54) is 5.56 Å². The molecule has 4 nitrogen and oxygen atoms in total. The molecule has 0 radical (unpaired) electrons. The van der Waals surface area contributed by atoms with Crippen LogP contribution >= 0.6 is 0 Å². The number of nitrogens with two attached hydrogens (primary N) is 1. The smallest absolute Gasteiger partial charge is 0.193 e. The number of hydrogen-bond donors (Lipinski definition) is 2. The van der Waals surface area contributed by atoms with Crippen molar-refractivity contribution in [1.82, 2.24) is 0 Å². The van der Waals surface area contributed by atoms with Gasteiger partial charge in [-0.2, -0.15) is 0 Å². The normalized spacial score (nSPS) is 30.6. The lowest BCUT2D eigenvalue weighted by atomic mass is 9.57. The highest BCUT2D eigenvalue weighted by Crippen LogP contribution is 2.53. The van der Waals surface area contributed by atoms with Crippen LogP contribution in [0.4, 0.5) is 5.69 Å². The van der Waals surface area contributed by atoms with Crippen molar-refractivity contribution < 1.29 is 4.74 Å². The first kappa shape index (κ1) is 14.4. The van der Waals surface area contributed by atoms with Gasteiger partial charge in [0.25, 0.3) is 0 Å². The number of benzene rings is 1. The van der Waals surface area contributed by atoms with Crippen LogP contribution in [0.5, 0.6) is 0 Å². The van der Waals surface area contributed by atoms with Crippen LogP contribution in [0.3, 0.4) is 0 Å². The molecular weight excluding hydrogens is 262 g/mol. The SMILES string of the molecule is CCc1cccc(NC(N)=NC2C3CCOC3C2(C)C)c1. The van der Waals surface area contributed by atoms with E-state index in [-0.39, 0.29) is 11.5 Å². The van der Waals surface area contributed by atoms with Crippen LogP contribution in [-0.4, -0.2) is 24.7 Å². The van der Waals surface area contributed by atoms with Gasteiger partial charge in [-0.3, -0.25) is 0 Å². The number of hydrogen-bond acceptors (Lipinski definition) is 2. The van der Waals surface area contributed by atoms with Crippen LogP contribution < -0.4 is 11.1 Å². The highest BCUT2D eigenvalue weighted by Gasteiger charge is 2.59. The molecule has 0 bridgehead atoms. The maximum absolute atomic E-state index is 6.11. The minimum Gasteiger partial charge on any atom is -0.377 e. The fourth-order valence-corrected chi connectivity index (χ4v) is 3.76. The Labute approximate surface area is 126 Å². The summed E-state index contributed by atoms with van der Waals surface area (Å²) in [5, 5.41) is 3.22. The molecule has 21 heavy (non-hydrogen) atoms. The summed E-state index contributed by atoms with van der Waals surface area (Å²) in [4.78, 5) is 4.73. The van der Waals surface area contributed by atoms with Crippen molar-refractivity contribution in [2.75, 3.05) is 11.9 Å². The first-order chi connectivity index (χ1) is 10.0. The summed E-state index contributed by atoms with van der Waals surface area (Å²) < 4.78 is 5.80. The zero-order chi connectivity index (χ0) is 15.0. The fourth-order valence-electron chi connectivity index (χ4n) is 3.76. The lowest BCUT2D eigenvalue weighted by Gasteiger charge is -2.52. The van der Waals surface area contributed by atoms with E-state index in [4.69, 9.17) is 15.5 Å². The number of aliphatic imine (C=N–C) groups is 1. The zero-order valence-corrected chi connectivity index (χ0v) is 13.1. The molecule has 3 unspecified atom stereocenters. The number of nitrogens with zero attached hydrogens (tertiary/aromatic N) is 1. The predicted molar refractivity (Wildman–Crippen MR) is 86.5 cm³/mol. The van der Waals surface area contributed by atoms with E-state index >= 15 is 0 Å². The van der Waals surface area contributed by atoms with Crippen molar-refractivity contribution in [3.8, 4) is 0 Å². The van der Waals surface area contributed by atoms with E-state index in [9.17, 15) is 0 Å². The van der Waals surface area contributed by atoms with Gasteiger partial charge in [0.05, 0.1) is 12.1 Å². The fraction of sp³-hybridized carbons (Fsp3) is 0.588. The van der Waals surface area contributed by atoms with Gasteiger partial charge in [-0.15, -0.1) is 0 Å². The zero-order valence-electron chi connectivity index (χ0n) is 13.1. The first-order valence-electron chi connectivity index (χ1n) is 7.83. The third kappa shape index (κ3) is 2.53. The lowest BCUT2D eigenvalue weighted by Crippen LogP contribution is -2.59. The summed E-state index contributed by atoms with van der Waals surface area (Å²) >= 11 is 0. The summed E-state index contributed by atoms with van der Waals surface area (Å²) in [6.45, 7) is 7.45. The highest BCUT2D eigenvalue weighted by molar-refractivity contribution is 5.92. The molecular formula is C17H25N3O. The number of guanidine groups is 1. The van der Waals surface area contributed by atoms with Crippen LogP contribution in [0.2, 0.25) is 0 Å². The summed E-state index contributed by atoms with van der Waals surface area (Å²) in [7, 11) is 0. The molecule has 0 aromatic heterocycles. The quantitative estimate of drug-likeness (QED) is 0.664. The van der Waals surface area contributed by atoms with Gasteiger partial charge in [-0.1, -0.05) is 32.9 Å². The van der Waals surface area contributed by atoms with E-state index in [0.29, 0.717) is 18.0 Å². The number of aryl methyl sites for hydroxylation is 1. The molecule has 1 saturated heterocycles. The topological polar surface area (TPSA) is 59.6 Å². The van der Waals surface area contributed by atoms with Crippen LogP contribution in [0.1, 0.15) is 32.8 Å². The van der Waals surface area contributed by atoms with Crippen molar-refractivity contribution >= 4 is 11.6 Å². The van der Waals surface area contributed by atoms with Gasteiger partial charge < -0.3 is 15.8 Å². The monoisotopic (exact) mass is 287 g/mol. The second kappa shape index (κ2) is 5.34. The third-order valence-corrected chi connectivity index (χ3v) is 4.92. The maximum atomic E-state index is 6.11. The maximum Gasteiger partial charge on any atom is 0.193 e. The molecule has 3 rings (SSSR count). The van der Waals surface area contributed by atoms with Gasteiger partial charge in [0.1, 0.15) is 0 Å². The summed E-state index contributed by atoms with van der Waals surface area (Å²) in [6.07, 6.45) is 2.46. The van der Waals surface area contributed by atoms with E-state index in [2.05, 4.69) is 38.2 Å². The minimum absolute atomic E-state index is 0.0821. The highest BCUT2D eigenvalue weighted by atomic mass is 16.5. The van der Waals surface area contributed by atoms with Crippen molar-refractivity contribution in [2.24, 2.45) is 22.1 Å². The molecule has 3 atom stereocenters. The molecule has 1 saturated carbocycles. The Bertz CT molecular complexity index is 553. The number of anilines is 1. The molecule has 1 aromatic rings. The number of fused-ring (bicyclic) bond motifs is 1. The standard InChI is InChI=1S/C17H25N3O/c1-4-11-6-5-7-12(10-11)19-16(18)20-14-13-8-9-21-15(13)17(14,2)3/h5-7,10,13-15H,4,8-9H2,1-3H3,(H3,18,19,20). The Morgan fingerprint density at radius 1 is 1.48 bits per heavy atom. The molecule has 4 heteroatoms. The Morgan fingerprint density at radius 2 is 2.29 bits per heavy atom. The van der Waals surface area contributed by atoms with Crippen molar-refractivity contribution in [3.05, 3.63) is 29.8 Å². The van der Waals surface area contributed by atoms with Gasteiger partial charge in [-0.25, -0.2) is 4.99 Å². The van der Waals surface area contributed by atoms with E-state index < -0.39 is 0 Å². The lowest BCUT2D eigenvalue weighted by molar-refractivity contribution is -0.0985. The number of rotatable bonds is 3. The molecule has 1 heterocycles. The van der Waals surface area contributed by atoms with Crippen LogP contribution in [0, 0.1) is 11.3 Å². The summed E-state index contributed by atoms with van der Waals surface area (Å²) in [5.74, 6) is 1.04. The van der Waals surface area contributed by atoms with Gasteiger partial charge in [0.2, 0.25) is 0 Å². The first-order valence-corrected chi connectivity index (χ1v) is 7.83. The molecule has 2 fully saturated rings. The average molecular weight is 287 g/mol. The van der Waals surface area contributed by atoms with Crippen molar-refractivity contribution in [1.29, 1.82) is 0 Å². The minimum atomic E-state index is 0.0821. The molecule has 3 N–H and O–H groups in total. The molecule has 1 aromatic carbocycles. The third-order valence-electron chi connectivity index (χ3n) is 4.92. The molecule has 114 valence electrons. The molecule has 0 amide bonds. The van der Waals surface area contributed by atoms with Gasteiger partial charge in [0, 0.05) is 23.6 Å². The van der Waals surface area contributed by atoms with Crippen molar-refractivity contribution in [3.63, 3.8) is 0 Å². The van der Waals surface area contributed by atoms with Gasteiger partial charge >= 0.3 is 0 Å². The van der Waals surface area contributed by atoms with E-state index in [1.807, 2.05) is 12.1 Å². The molecule has 2 aliphatic rings. The Morgan fingerprint density at radius 3 is 3.05 bits per heavy atom. The number of nitrogens with one attached hydrogen (secondary N) is 1. The Kier molecular flexibility index (Phi) is 3.66. The molecule has 1 aliphatic heterocycles. The second-order valence-electron chi connectivity index (χ2n) is 6.70. The van der Waals surface area contributed by atoms with E-state index in [0.717, 1.165) is 25.1 Å². The van der Waals surface area contributed by atoms with Crippen LogP contribution in [0.15, 0.2) is 29.3 Å². The molecule has 1 aliphatic carbocycles. The predicted octanol–water partition coefficient (Wildman–Crippen LogP) is 2.79. The van der Waals surface area contributed by atoms with Gasteiger partial charge in [0.15, 0.2) is 5.96 Å². The second-order valence-corrected chi connectivity index (χ2v) is 6.70. The van der Waals surface area contributed by atoms with Crippen LogP contribution in [0.25, 0.3) is 0 Å². The largest absolute Gasteiger partial charge is 0.377 e.